The van der Waals surface area contributed by atoms with E-state index in [1.54, 1.807) is 6.92 Å². The quantitative estimate of drug-likeness (QED) is 0.613. The number of carbonyl (C=O) groups is 3. The van der Waals surface area contributed by atoms with Crippen molar-refractivity contribution < 1.29 is 29.0 Å². The van der Waals surface area contributed by atoms with Gasteiger partial charge in [0.05, 0.1) is 12.5 Å². The van der Waals surface area contributed by atoms with Crippen molar-refractivity contribution in [2.45, 2.75) is 32.5 Å². The number of fused-ring (bicyclic) bond motifs is 3. The summed E-state index contributed by atoms with van der Waals surface area (Å²) in [6.07, 6.45) is 0.581. The summed E-state index contributed by atoms with van der Waals surface area (Å²) in [6, 6.07) is 0. The zero-order valence-electron chi connectivity index (χ0n) is 14.4. The fourth-order valence-corrected chi connectivity index (χ4v) is 4.34. The van der Waals surface area contributed by atoms with E-state index in [0.717, 1.165) is 0 Å². The van der Waals surface area contributed by atoms with Crippen molar-refractivity contribution in [1.29, 1.82) is 0 Å². The number of aliphatic hydroxyl groups is 1. The molecule has 2 fully saturated rings. The van der Waals surface area contributed by atoms with E-state index >= 15 is 0 Å². The van der Waals surface area contributed by atoms with Gasteiger partial charge in [-0.2, -0.15) is 0 Å². The zero-order valence-corrected chi connectivity index (χ0v) is 14.4. The van der Waals surface area contributed by atoms with E-state index in [2.05, 4.69) is 13.2 Å². The standard InChI is InChI=1S/C19H22O6/c1-8(2)18(22)24-13-5-9(3)14-12(21)6-11(7-20)16(14)17-15(13)10(4)19(23)25-17/h6,9,13-17,20H,1,4-5,7H2,2-3H3/t9-,13-,14+,15+,16-,17-/m0/s1. The van der Waals surface area contributed by atoms with Crippen molar-refractivity contribution in [3.05, 3.63) is 36.0 Å². The van der Waals surface area contributed by atoms with Crippen LogP contribution in [-0.2, 0) is 23.9 Å². The summed E-state index contributed by atoms with van der Waals surface area (Å²) < 4.78 is 11.1. The lowest BCUT2D eigenvalue weighted by molar-refractivity contribution is -0.148. The van der Waals surface area contributed by atoms with E-state index < -0.39 is 41.9 Å². The van der Waals surface area contributed by atoms with Crippen molar-refractivity contribution >= 4 is 17.7 Å². The Morgan fingerprint density at radius 1 is 1.36 bits per heavy atom. The summed E-state index contributed by atoms with van der Waals surface area (Å²) in [6.45, 7) is 10.6. The molecule has 6 heteroatoms. The Hall–Kier alpha value is -2.21. The molecule has 1 heterocycles. The van der Waals surface area contributed by atoms with Crippen molar-refractivity contribution in [2.75, 3.05) is 6.61 Å². The van der Waals surface area contributed by atoms with Crippen LogP contribution < -0.4 is 0 Å². The molecular weight excluding hydrogens is 324 g/mol. The van der Waals surface area contributed by atoms with Gasteiger partial charge in [0.25, 0.3) is 0 Å². The van der Waals surface area contributed by atoms with Crippen LogP contribution >= 0.6 is 0 Å². The van der Waals surface area contributed by atoms with Crippen LogP contribution in [-0.4, -0.2) is 41.6 Å². The third-order valence-electron chi connectivity index (χ3n) is 5.49. The van der Waals surface area contributed by atoms with E-state index in [1.165, 1.54) is 6.08 Å². The van der Waals surface area contributed by atoms with Crippen molar-refractivity contribution in [1.82, 2.24) is 0 Å². The lowest BCUT2D eigenvalue weighted by atomic mass is 9.78. The maximum atomic E-state index is 12.5. The lowest BCUT2D eigenvalue weighted by Gasteiger charge is -2.29. The predicted molar refractivity (Wildman–Crippen MR) is 88.1 cm³/mol. The molecule has 1 saturated carbocycles. The van der Waals surface area contributed by atoms with Gasteiger partial charge in [0, 0.05) is 23.0 Å². The summed E-state index contributed by atoms with van der Waals surface area (Å²) >= 11 is 0. The van der Waals surface area contributed by atoms with Crippen LogP contribution in [0.2, 0.25) is 0 Å². The average Bonchev–Trinajstić information content (AvgIpc) is 2.99. The smallest absolute Gasteiger partial charge is 0.334 e. The molecule has 0 aromatic rings. The first-order chi connectivity index (χ1) is 11.8. The van der Waals surface area contributed by atoms with Crippen LogP contribution in [0.15, 0.2) is 36.0 Å². The van der Waals surface area contributed by atoms with Gasteiger partial charge in [0.2, 0.25) is 0 Å². The van der Waals surface area contributed by atoms with Crippen molar-refractivity contribution in [2.24, 2.45) is 23.7 Å². The summed E-state index contributed by atoms with van der Waals surface area (Å²) in [5.74, 6) is -2.61. The minimum absolute atomic E-state index is 0.0826. The lowest BCUT2D eigenvalue weighted by Crippen LogP contribution is -2.37. The van der Waals surface area contributed by atoms with Gasteiger partial charge in [0.1, 0.15) is 12.2 Å². The van der Waals surface area contributed by atoms with Crippen LogP contribution in [0.25, 0.3) is 0 Å². The fraction of sp³-hybridized carbons (Fsp3) is 0.526. The molecule has 6 nitrogen and oxygen atoms in total. The molecule has 0 radical (unpaired) electrons. The number of ether oxygens (including phenoxy) is 2. The summed E-state index contributed by atoms with van der Waals surface area (Å²) in [5.41, 5.74) is 1.07. The van der Waals surface area contributed by atoms with Crippen LogP contribution in [0.4, 0.5) is 0 Å². The highest BCUT2D eigenvalue weighted by Crippen LogP contribution is 2.50. The largest absolute Gasteiger partial charge is 0.458 e. The van der Waals surface area contributed by atoms with Gasteiger partial charge in [-0.1, -0.05) is 20.1 Å². The van der Waals surface area contributed by atoms with E-state index in [-0.39, 0.29) is 29.5 Å². The zero-order chi connectivity index (χ0) is 18.5. The Morgan fingerprint density at radius 3 is 2.64 bits per heavy atom. The van der Waals surface area contributed by atoms with Gasteiger partial charge in [-0.25, -0.2) is 9.59 Å². The second-order valence-electron chi connectivity index (χ2n) is 7.19. The molecule has 0 unspecified atom stereocenters. The predicted octanol–water partition coefficient (Wildman–Crippen LogP) is 1.35. The molecule has 0 aromatic carbocycles. The minimum Gasteiger partial charge on any atom is -0.458 e. The van der Waals surface area contributed by atoms with Gasteiger partial charge >= 0.3 is 11.9 Å². The highest BCUT2D eigenvalue weighted by molar-refractivity contribution is 5.97. The molecule has 3 aliphatic rings. The number of hydrogen-bond acceptors (Lipinski definition) is 6. The fourth-order valence-electron chi connectivity index (χ4n) is 4.34. The SMILES string of the molecule is C=C(C)C(=O)O[C@H]1C[C@H](C)[C@@H]2C(=O)C=C(CO)[C@@H]2[C@H]2OC(=O)C(=C)[C@@H]21. The number of carbonyl (C=O) groups excluding carboxylic acids is 3. The molecule has 134 valence electrons. The van der Waals surface area contributed by atoms with Gasteiger partial charge in [0.15, 0.2) is 5.78 Å². The second-order valence-corrected chi connectivity index (χ2v) is 7.19. The first-order valence-electron chi connectivity index (χ1n) is 8.37. The Morgan fingerprint density at radius 2 is 2.04 bits per heavy atom. The normalized spacial score (nSPS) is 36.9. The number of aliphatic hydroxyl groups excluding tert-OH is 1. The Labute approximate surface area is 146 Å². The molecule has 3 rings (SSSR count). The van der Waals surface area contributed by atoms with Crippen molar-refractivity contribution in [3.63, 3.8) is 0 Å². The molecule has 1 N–H and O–H groups in total. The Balaban J connectivity index is 2.02. The van der Waals surface area contributed by atoms with Crippen LogP contribution in [0, 0.1) is 23.7 Å². The molecule has 2 aliphatic carbocycles. The van der Waals surface area contributed by atoms with Gasteiger partial charge in [-0.15, -0.1) is 0 Å². The van der Waals surface area contributed by atoms with Crippen LogP contribution in [0.1, 0.15) is 20.3 Å². The van der Waals surface area contributed by atoms with Gasteiger partial charge < -0.3 is 14.6 Å². The van der Waals surface area contributed by atoms with Crippen LogP contribution in [0.3, 0.4) is 0 Å². The molecule has 25 heavy (non-hydrogen) atoms. The molecule has 6 atom stereocenters. The molecule has 0 bridgehead atoms. The number of rotatable bonds is 3. The molecule has 0 aromatic heterocycles. The number of esters is 2. The van der Waals surface area contributed by atoms with Crippen LogP contribution in [0.5, 0.6) is 0 Å². The summed E-state index contributed by atoms with van der Waals surface area (Å²) in [5, 5.41) is 9.66. The van der Waals surface area contributed by atoms with Crippen molar-refractivity contribution in [3.8, 4) is 0 Å². The van der Waals surface area contributed by atoms with E-state index in [4.69, 9.17) is 9.47 Å². The molecule has 0 amide bonds. The molecule has 1 saturated heterocycles. The second kappa shape index (κ2) is 6.26. The highest BCUT2D eigenvalue weighted by atomic mass is 16.6. The monoisotopic (exact) mass is 346 g/mol. The number of allylic oxidation sites excluding steroid dienone is 1. The average molecular weight is 346 g/mol. The molecular formula is C19H22O6. The summed E-state index contributed by atoms with van der Waals surface area (Å²) in [4.78, 5) is 36.6. The first-order valence-corrected chi connectivity index (χ1v) is 8.37. The van der Waals surface area contributed by atoms with E-state index in [0.29, 0.717) is 12.0 Å². The number of hydrogen-bond donors (Lipinski definition) is 1. The maximum absolute atomic E-state index is 12.5. The molecule has 1 aliphatic heterocycles. The number of ketones is 1. The minimum atomic E-state index is -0.664. The maximum Gasteiger partial charge on any atom is 0.334 e. The Kier molecular flexibility index (Phi) is 4.41. The highest BCUT2D eigenvalue weighted by Gasteiger charge is 2.57. The van der Waals surface area contributed by atoms with Gasteiger partial charge in [-0.05, 0) is 30.9 Å². The first kappa shape index (κ1) is 17.6. The summed E-state index contributed by atoms with van der Waals surface area (Å²) in [7, 11) is 0. The van der Waals surface area contributed by atoms with E-state index in [9.17, 15) is 19.5 Å². The topological polar surface area (TPSA) is 89.9 Å². The van der Waals surface area contributed by atoms with E-state index in [1.807, 2.05) is 6.92 Å². The third-order valence-corrected chi connectivity index (χ3v) is 5.49. The van der Waals surface area contributed by atoms with Gasteiger partial charge in [-0.3, -0.25) is 4.79 Å². The third kappa shape index (κ3) is 2.74. The Bertz CT molecular complexity index is 703. The molecule has 0 spiro atoms.